The molecule has 0 unspecified atom stereocenters. The Labute approximate surface area is 104 Å². The number of rotatable bonds is 6. The van der Waals surface area contributed by atoms with Crippen molar-refractivity contribution in [3.63, 3.8) is 0 Å². The van der Waals surface area contributed by atoms with Crippen LogP contribution in [0.5, 0.6) is 0 Å². The molecule has 0 aliphatic rings. The lowest BCUT2D eigenvalue weighted by Crippen LogP contribution is -2.24. The maximum absolute atomic E-state index is 11.5. The Balaban J connectivity index is 2.21. The van der Waals surface area contributed by atoms with E-state index in [4.69, 9.17) is 0 Å². The molecule has 0 bridgehead atoms. The zero-order valence-electron chi connectivity index (χ0n) is 10.7. The van der Waals surface area contributed by atoms with Gasteiger partial charge in [-0.2, -0.15) is 0 Å². The molecule has 0 atom stereocenters. The van der Waals surface area contributed by atoms with Crippen molar-refractivity contribution in [3.8, 4) is 0 Å². The topological polar surface area (TPSA) is 29.1 Å². The summed E-state index contributed by atoms with van der Waals surface area (Å²) in [5, 5.41) is 2.91. The molecule has 1 N–H and O–H groups in total. The van der Waals surface area contributed by atoms with Gasteiger partial charge in [0.1, 0.15) is 0 Å². The smallest absolute Gasteiger partial charge is 0.220 e. The maximum atomic E-state index is 11.5. The van der Waals surface area contributed by atoms with Crippen LogP contribution in [0.15, 0.2) is 36.4 Å². The van der Waals surface area contributed by atoms with Crippen LogP contribution in [0, 0.1) is 6.92 Å². The van der Waals surface area contributed by atoms with Gasteiger partial charge in [-0.25, -0.2) is 0 Å². The van der Waals surface area contributed by atoms with Crippen LogP contribution in [0.3, 0.4) is 0 Å². The standard InChI is InChI=1S/C15H21NO/c1-3-4-5-12-16-15(17)11-10-14-8-6-13(2)7-9-14/h3-4,6-9H,5,10-12H2,1-2H3,(H,16,17)/b4-3+. The molecule has 0 aliphatic heterocycles. The third-order valence-electron chi connectivity index (χ3n) is 2.63. The quantitative estimate of drug-likeness (QED) is 0.592. The normalized spacial score (nSPS) is 10.7. The first-order valence-electron chi connectivity index (χ1n) is 6.16. The summed E-state index contributed by atoms with van der Waals surface area (Å²) in [6.07, 6.45) is 6.35. The predicted octanol–water partition coefficient (Wildman–Crippen LogP) is 3.01. The lowest BCUT2D eigenvalue weighted by Gasteiger charge is -2.04. The highest BCUT2D eigenvalue weighted by molar-refractivity contribution is 5.76. The average Bonchev–Trinajstić information content (AvgIpc) is 2.34. The highest BCUT2D eigenvalue weighted by atomic mass is 16.1. The molecule has 0 radical (unpaired) electrons. The number of benzene rings is 1. The molecule has 1 aromatic carbocycles. The molecule has 1 amide bonds. The Morgan fingerprint density at radius 3 is 2.65 bits per heavy atom. The van der Waals surface area contributed by atoms with Gasteiger partial charge in [0.05, 0.1) is 0 Å². The molecule has 1 rings (SSSR count). The number of allylic oxidation sites excluding steroid dienone is 1. The molecule has 92 valence electrons. The molecular weight excluding hydrogens is 210 g/mol. The van der Waals surface area contributed by atoms with Gasteiger partial charge in [0.2, 0.25) is 5.91 Å². The molecule has 0 fully saturated rings. The Bertz CT molecular complexity index is 365. The van der Waals surface area contributed by atoms with Crippen molar-refractivity contribution in [3.05, 3.63) is 47.5 Å². The van der Waals surface area contributed by atoms with E-state index < -0.39 is 0 Å². The van der Waals surface area contributed by atoms with Crippen molar-refractivity contribution < 1.29 is 4.79 Å². The molecule has 0 spiro atoms. The number of aryl methyl sites for hydroxylation is 2. The van der Waals surface area contributed by atoms with Gasteiger partial charge in [0.25, 0.3) is 0 Å². The second kappa shape index (κ2) is 7.66. The number of amides is 1. The van der Waals surface area contributed by atoms with Crippen LogP contribution < -0.4 is 5.32 Å². The summed E-state index contributed by atoms with van der Waals surface area (Å²) in [5.41, 5.74) is 2.48. The van der Waals surface area contributed by atoms with Gasteiger partial charge in [0.15, 0.2) is 0 Å². The molecule has 0 saturated heterocycles. The van der Waals surface area contributed by atoms with Crippen molar-refractivity contribution in [2.75, 3.05) is 6.54 Å². The molecular formula is C15H21NO. The van der Waals surface area contributed by atoms with Crippen LogP contribution in [-0.2, 0) is 11.2 Å². The monoisotopic (exact) mass is 231 g/mol. The van der Waals surface area contributed by atoms with Gasteiger partial charge in [-0.05, 0) is 32.3 Å². The summed E-state index contributed by atoms with van der Waals surface area (Å²) in [4.78, 5) is 11.5. The maximum Gasteiger partial charge on any atom is 0.220 e. The zero-order valence-corrected chi connectivity index (χ0v) is 10.7. The molecule has 0 aliphatic carbocycles. The van der Waals surface area contributed by atoms with Gasteiger partial charge in [-0.15, -0.1) is 0 Å². The molecule has 17 heavy (non-hydrogen) atoms. The van der Waals surface area contributed by atoms with Gasteiger partial charge in [-0.1, -0.05) is 42.0 Å². The fourth-order valence-corrected chi connectivity index (χ4v) is 1.56. The number of nitrogens with one attached hydrogen (secondary N) is 1. The Kier molecular flexibility index (Phi) is 6.08. The summed E-state index contributed by atoms with van der Waals surface area (Å²) in [5.74, 6) is 0.134. The van der Waals surface area contributed by atoms with Crippen LogP contribution in [-0.4, -0.2) is 12.5 Å². The molecule has 2 heteroatoms. The summed E-state index contributed by atoms with van der Waals surface area (Å²) >= 11 is 0. The Hall–Kier alpha value is -1.57. The van der Waals surface area contributed by atoms with E-state index in [1.54, 1.807) is 0 Å². The van der Waals surface area contributed by atoms with E-state index in [0.717, 1.165) is 19.4 Å². The number of carbonyl (C=O) groups is 1. The molecule has 1 aromatic rings. The zero-order chi connectivity index (χ0) is 12.5. The van der Waals surface area contributed by atoms with Crippen molar-refractivity contribution in [1.29, 1.82) is 0 Å². The SMILES string of the molecule is C/C=C/CCNC(=O)CCc1ccc(C)cc1. The first-order valence-corrected chi connectivity index (χ1v) is 6.16. The fraction of sp³-hybridized carbons (Fsp3) is 0.400. The number of hydrogen-bond acceptors (Lipinski definition) is 1. The van der Waals surface area contributed by atoms with Crippen LogP contribution in [0.4, 0.5) is 0 Å². The summed E-state index contributed by atoms with van der Waals surface area (Å²) in [6, 6.07) is 8.34. The van der Waals surface area contributed by atoms with Crippen LogP contribution in [0.1, 0.15) is 30.9 Å². The van der Waals surface area contributed by atoms with E-state index >= 15 is 0 Å². The molecule has 0 saturated carbocycles. The van der Waals surface area contributed by atoms with Crippen molar-refractivity contribution in [1.82, 2.24) is 5.32 Å². The molecule has 0 heterocycles. The van der Waals surface area contributed by atoms with Crippen LogP contribution >= 0.6 is 0 Å². The first-order chi connectivity index (χ1) is 8.22. The van der Waals surface area contributed by atoms with Gasteiger partial charge in [0, 0.05) is 13.0 Å². The second-order valence-electron chi connectivity index (χ2n) is 4.19. The van der Waals surface area contributed by atoms with E-state index in [9.17, 15) is 4.79 Å². The number of hydrogen-bond donors (Lipinski definition) is 1. The van der Waals surface area contributed by atoms with Gasteiger partial charge >= 0.3 is 0 Å². The lowest BCUT2D eigenvalue weighted by molar-refractivity contribution is -0.121. The first kappa shape index (κ1) is 13.5. The summed E-state index contributed by atoms with van der Waals surface area (Å²) < 4.78 is 0. The highest BCUT2D eigenvalue weighted by Crippen LogP contribution is 2.05. The fourth-order valence-electron chi connectivity index (χ4n) is 1.56. The van der Waals surface area contributed by atoms with Gasteiger partial charge < -0.3 is 5.32 Å². The van der Waals surface area contributed by atoms with Gasteiger partial charge in [-0.3, -0.25) is 4.79 Å². The van der Waals surface area contributed by atoms with E-state index in [1.165, 1.54) is 11.1 Å². The van der Waals surface area contributed by atoms with Crippen molar-refractivity contribution in [2.45, 2.75) is 33.1 Å². The van der Waals surface area contributed by atoms with Crippen molar-refractivity contribution >= 4 is 5.91 Å². The van der Waals surface area contributed by atoms with E-state index in [1.807, 2.05) is 13.0 Å². The number of carbonyl (C=O) groups excluding carboxylic acids is 1. The van der Waals surface area contributed by atoms with Crippen molar-refractivity contribution in [2.24, 2.45) is 0 Å². The summed E-state index contributed by atoms with van der Waals surface area (Å²) in [6.45, 7) is 4.79. The Morgan fingerprint density at radius 2 is 2.00 bits per heavy atom. The molecule has 0 aromatic heterocycles. The largest absolute Gasteiger partial charge is 0.356 e. The van der Waals surface area contributed by atoms with Crippen LogP contribution in [0.25, 0.3) is 0 Å². The minimum Gasteiger partial charge on any atom is -0.356 e. The highest BCUT2D eigenvalue weighted by Gasteiger charge is 2.00. The third-order valence-corrected chi connectivity index (χ3v) is 2.63. The minimum atomic E-state index is 0.134. The molecule has 2 nitrogen and oxygen atoms in total. The predicted molar refractivity (Wildman–Crippen MR) is 71.9 cm³/mol. The third kappa shape index (κ3) is 5.91. The second-order valence-corrected chi connectivity index (χ2v) is 4.19. The Morgan fingerprint density at radius 1 is 1.29 bits per heavy atom. The van der Waals surface area contributed by atoms with E-state index in [2.05, 4.69) is 42.6 Å². The lowest BCUT2D eigenvalue weighted by atomic mass is 10.1. The van der Waals surface area contributed by atoms with E-state index in [-0.39, 0.29) is 5.91 Å². The van der Waals surface area contributed by atoms with Crippen LogP contribution in [0.2, 0.25) is 0 Å². The summed E-state index contributed by atoms with van der Waals surface area (Å²) in [7, 11) is 0. The minimum absolute atomic E-state index is 0.134. The average molecular weight is 231 g/mol. The van der Waals surface area contributed by atoms with E-state index in [0.29, 0.717) is 6.42 Å².